The van der Waals surface area contributed by atoms with Gasteiger partial charge in [0.1, 0.15) is 0 Å². The smallest absolute Gasteiger partial charge is 0.261 e. The topological polar surface area (TPSA) is 46.5 Å². The van der Waals surface area contributed by atoms with E-state index in [0.29, 0.717) is 18.9 Å². The van der Waals surface area contributed by atoms with Crippen molar-refractivity contribution < 1.29 is 14.3 Å². The van der Waals surface area contributed by atoms with Crippen molar-refractivity contribution >= 4 is 24.5 Å². The Morgan fingerprint density at radius 3 is 1.97 bits per heavy atom. The first-order chi connectivity index (χ1) is 17.9. The SMILES string of the molecule is CC(C)C1=C2C(=O)[C@](C)([C@H](O)CCCO[Si](c3ccccc3)(c3ccccc3)C(C)(C)C)CC[C@@]2(C)CC1. The van der Waals surface area contributed by atoms with Gasteiger partial charge in [-0.3, -0.25) is 4.79 Å². The molecule has 38 heavy (non-hydrogen) atoms. The molecule has 1 fully saturated rings. The number of hydrogen-bond acceptors (Lipinski definition) is 3. The van der Waals surface area contributed by atoms with Crippen LogP contribution in [0, 0.1) is 16.7 Å². The highest BCUT2D eigenvalue weighted by Crippen LogP contribution is 2.56. The van der Waals surface area contributed by atoms with Gasteiger partial charge in [0.25, 0.3) is 8.32 Å². The van der Waals surface area contributed by atoms with E-state index in [0.717, 1.165) is 37.7 Å². The van der Waals surface area contributed by atoms with Crippen LogP contribution in [-0.4, -0.2) is 31.9 Å². The molecule has 1 N–H and O–H groups in total. The monoisotopic (exact) mass is 532 g/mol. The Labute approximate surface area is 231 Å². The van der Waals surface area contributed by atoms with E-state index in [9.17, 15) is 9.90 Å². The van der Waals surface area contributed by atoms with E-state index in [1.54, 1.807) is 0 Å². The third-order valence-electron chi connectivity index (χ3n) is 9.60. The van der Waals surface area contributed by atoms with E-state index in [-0.39, 0.29) is 16.2 Å². The lowest BCUT2D eigenvalue weighted by molar-refractivity contribution is -0.136. The van der Waals surface area contributed by atoms with Gasteiger partial charge < -0.3 is 9.53 Å². The predicted octanol–water partition coefficient (Wildman–Crippen LogP) is 6.83. The molecule has 0 amide bonds. The molecule has 0 radical (unpaired) electrons. The minimum atomic E-state index is -2.60. The maximum absolute atomic E-state index is 13.9. The summed E-state index contributed by atoms with van der Waals surface area (Å²) >= 11 is 0. The van der Waals surface area contributed by atoms with Gasteiger partial charge in [-0.1, -0.05) is 108 Å². The van der Waals surface area contributed by atoms with Crippen molar-refractivity contribution in [3.05, 3.63) is 71.8 Å². The Morgan fingerprint density at radius 2 is 1.47 bits per heavy atom. The lowest BCUT2D eigenvalue weighted by Crippen LogP contribution is -2.66. The minimum Gasteiger partial charge on any atom is -0.407 e. The van der Waals surface area contributed by atoms with Gasteiger partial charge in [0.05, 0.1) is 11.5 Å². The Hall–Kier alpha value is -2.01. The van der Waals surface area contributed by atoms with Crippen molar-refractivity contribution in [3.8, 4) is 0 Å². The van der Waals surface area contributed by atoms with E-state index in [4.69, 9.17) is 4.43 Å². The van der Waals surface area contributed by atoms with Crippen LogP contribution in [0.2, 0.25) is 5.04 Å². The second-order valence-corrected chi connectivity index (χ2v) is 17.8. The van der Waals surface area contributed by atoms with Gasteiger partial charge in [0.2, 0.25) is 0 Å². The van der Waals surface area contributed by atoms with Crippen molar-refractivity contribution in [2.45, 2.75) is 98.1 Å². The molecule has 0 spiro atoms. The molecule has 2 aliphatic rings. The molecule has 4 rings (SSSR count). The van der Waals surface area contributed by atoms with Gasteiger partial charge in [-0.25, -0.2) is 0 Å². The zero-order valence-corrected chi connectivity index (χ0v) is 25.6. The number of rotatable bonds is 9. The molecule has 3 atom stereocenters. The quantitative estimate of drug-likeness (QED) is 0.285. The van der Waals surface area contributed by atoms with Crippen molar-refractivity contribution in [2.24, 2.45) is 16.7 Å². The van der Waals surface area contributed by atoms with E-state index >= 15 is 0 Å². The van der Waals surface area contributed by atoms with Crippen molar-refractivity contribution in [2.75, 3.05) is 6.61 Å². The van der Waals surface area contributed by atoms with Crippen LogP contribution in [0.15, 0.2) is 71.8 Å². The highest BCUT2D eigenvalue weighted by Gasteiger charge is 2.54. The summed E-state index contributed by atoms with van der Waals surface area (Å²) in [6.45, 7) is 16.1. The molecule has 4 heteroatoms. The average Bonchev–Trinajstić information content (AvgIpc) is 3.25. The highest BCUT2D eigenvalue weighted by atomic mass is 28.4. The van der Waals surface area contributed by atoms with Crippen LogP contribution in [0.5, 0.6) is 0 Å². The number of Topliss-reactive ketones (excluding diaryl/α,β-unsaturated/α-hetero) is 1. The van der Waals surface area contributed by atoms with E-state index in [1.807, 2.05) is 6.92 Å². The molecule has 0 aromatic heterocycles. The Bertz CT molecular complexity index is 1110. The molecule has 3 nitrogen and oxygen atoms in total. The number of carbonyl (C=O) groups is 1. The van der Waals surface area contributed by atoms with Crippen molar-refractivity contribution in [1.29, 1.82) is 0 Å². The Kier molecular flexibility index (Phi) is 8.29. The van der Waals surface area contributed by atoms with Gasteiger partial charge in [0, 0.05) is 12.2 Å². The predicted molar refractivity (Wildman–Crippen MR) is 160 cm³/mol. The number of carbonyl (C=O) groups excluding carboxylic acids is 1. The summed E-state index contributed by atoms with van der Waals surface area (Å²) in [5.41, 5.74) is 1.65. The minimum absolute atomic E-state index is 0.0116. The molecule has 2 aromatic rings. The maximum Gasteiger partial charge on any atom is 0.261 e. The molecule has 206 valence electrons. The number of benzene rings is 2. The fourth-order valence-electron chi connectivity index (χ4n) is 7.13. The molecule has 2 aromatic carbocycles. The Morgan fingerprint density at radius 1 is 0.921 bits per heavy atom. The number of fused-ring (bicyclic) bond motifs is 1. The van der Waals surface area contributed by atoms with Crippen LogP contribution in [0.25, 0.3) is 0 Å². The fraction of sp³-hybridized carbons (Fsp3) is 0.559. The number of allylic oxidation sites excluding steroid dienone is 2. The van der Waals surface area contributed by atoms with Crippen LogP contribution < -0.4 is 10.4 Å². The van der Waals surface area contributed by atoms with E-state index in [2.05, 4.69) is 102 Å². The standard InChI is InChI=1S/C34H48O3Si/c1-25(2)28-20-21-33(6)22-23-34(7,31(36)30(28)33)29(35)19-14-24-37-38(32(3,4)5,26-15-10-8-11-16-26)27-17-12-9-13-18-27/h8-13,15-18,25,29,35H,14,19-24H2,1-7H3/t29-,33-,34+/m1/s1. The largest absolute Gasteiger partial charge is 0.407 e. The van der Waals surface area contributed by atoms with Gasteiger partial charge in [-0.05, 0) is 72.2 Å². The molecule has 2 aliphatic carbocycles. The van der Waals surface area contributed by atoms with Gasteiger partial charge >= 0.3 is 0 Å². The number of aliphatic hydroxyl groups excluding tert-OH is 1. The molecular formula is C34H48O3Si. The van der Waals surface area contributed by atoms with Gasteiger partial charge in [0.15, 0.2) is 5.78 Å². The second kappa shape index (κ2) is 10.9. The van der Waals surface area contributed by atoms with Crippen LogP contribution in [0.4, 0.5) is 0 Å². The molecule has 0 unspecified atom stereocenters. The normalized spacial score (nSPS) is 25.1. The summed E-state index contributed by atoms with van der Waals surface area (Å²) in [6, 6.07) is 21.4. The van der Waals surface area contributed by atoms with Gasteiger partial charge in [-0.15, -0.1) is 0 Å². The maximum atomic E-state index is 13.9. The van der Waals surface area contributed by atoms with Crippen LogP contribution >= 0.6 is 0 Å². The third-order valence-corrected chi connectivity index (χ3v) is 14.6. The summed E-state index contributed by atoms with van der Waals surface area (Å²) in [6.07, 6.45) is 4.46. The van der Waals surface area contributed by atoms with Crippen LogP contribution in [0.3, 0.4) is 0 Å². The highest BCUT2D eigenvalue weighted by molar-refractivity contribution is 6.99. The lowest BCUT2D eigenvalue weighted by Gasteiger charge is -2.45. The number of ketones is 1. The molecule has 0 aliphatic heterocycles. The molecule has 0 bridgehead atoms. The van der Waals surface area contributed by atoms with Crippen molar-refractivity contribution in [3.63, 3.8) is 0 Å². The first kappa shape index (κ1) is 29.0. The van der Waals surface area contributed by atoms with E-state index < -0.39 is 19.8 Å². The van der Waals surface area contributed by atoms with Crippen LogP contribution in [-0.2, 0) is 9.22 Å². The van der Waals surface area contributed by atoms with E-state index in [1.165, 1.54) is 15.9 Å². The average molecular weight is 533 g/mol. The lowest BCUT2D eigenvalue weighted by atomic mass is 9.59. The summed E-state index contributed by atoms with van der Waals surface area (Å²) in [5, 5.41) is 13.9. The zero-order chi connectivity index (χ0) is 27.8. The van der Waals surface area contributed by atoms with Crippen molar-refractivity contribution in [1.82, 2.24) is 0 Å². The summed E-state index contributed by atoms with van der Waals surface area (Å²) < 4.78 is 7.03. The Balaban J connectivity index is 1.53. The third kappa shape index (κ3) is 5.00. The summed E-state index contributed by atoms with van der Waals surface area (Å²) in [7, 11) is -2.60. The molecule has 0 heterocycles. The molecule has 1 saturated carbocycles. The molecule has 0 saturated heterocycles. The number of aliphatic hydroxyl groups is 1. The number of hydrogen-bond donors (Lipinski definition) is 1. The zero-order valence-electron chi connectivity index (χ0n) is 24.6. The fourth-order valence-corrected chi connectivity index (χ4v) is 11.7. The van der Waals surface area contributed by atoms with Crippen LogP contribution in [0.1, 0.15) is 87.0 Å². The summed E-state index contributed by atoms with van der Waals surface area (Å²) in [5.74, 6) is 0.586. The first-order valence-electron chi connectivity index (χ1n) is 14.6. The first-order valence-corrected chi connectivity index (χ1v) is 16.5. The van der Waals surface area contributed by atoms with Gasteiger partial charge in [-0.2, -0.15) is 0 Å². The summed E-state index contributed by atoms with van der Waals surface area (Å²) in [4.78, 5) is 13.9. The second-order valence-electron chi connectivity index (χ2n) is 13.5. The molecular weight excluding hydrogens is 484 g/mol.